The summed E-state index contributed by atoms with van der Waals surface area (Å²) in [6, 6.07) is 15.6. The van der Waals surface area contributed by atoms with Gasteiger partial charge in [0.25, 0.3) is 0 Å². The van der Waals surface area contributed by atoms with E-state index in [9.17, 15) is 4.79 Å². The smallest absolute Gasteiger partial charge is 0.339 e. The first-order valence-corrected chi connectivity index (χ1v) is 13.0. The summed E-state index contributed by atoms with van der Waals surface area (Å²) in [5.41, 5.74) is 5.53. The molecule has 0 unspecified atom stereocenters. The number of morpholine rings is 1. The van der Waals surface area contributed by atoms with Crippen LogP contribution >= 0.6 is 12.2 Å². The standard InChI is InChI=1S/C28H33N5O3S/c1-19-18-22(20(2)33(19)24-10-5-4-8-21(24)27(34)35-3)26-25(23-9-6-7-11-29-23)30-28(37)32(26)13-12-31-14-16-36-17-15-31/h4-11,18,25-26H,12-17H2,1-3H3,(H,30,37)/t25-,26-/m1/s1. The minimum absolute atomic E-state index is 0.0475. The minimum Gasteiger partial charge on any atom is -0.465 e. The minimum atomic E-state index is -0.355. The zero-order chi connectivity index (χ0) is 25.9. The first-order valence-electron chi connectivity index (χ1n) is 12.6. The van der Waals surface area contributed by atoms with Gasteiger partial charge in [0.2, 0.25) is 0 Å². The molecule has 0 amide bonds. The molecule has 0 saturated carbocycles. The zero-order valence-corrected chi connectivity index (χ0v) is 22.3. The van der Waals surface area contributed by atoms with Crippen LogP contribution in [0.2, 0.25) is 0 Å². The van der Waals surface area contributed by atoms with Crippen LogP contribution < -0.4 is 5.32 Å². The van der Waals surface area contributed by atoms with Crippen LogP contribution in [0, 0.1) is 13.8 Å². The normalized spacial score (nSPS) is 20.2. The van der Waals surface area contributed by atoms with Crippen LogP contribution in [-0.2, 0) is 9.47 Å². The van der Waals surface area contributed by atoms with E-state index in [2.05, 4.69) is 44.6 Å². The van der Waals surface area contributed by atoms with E-state index in [1.165, 1.54) is 7.11 Å². The van der Waals surface area contributed by atoms with Crippen molar-refractivity contribution in [2.24, 2.45) is 0 Å². The Balaban J connectivity index is 1.56. The Morgan fingerprint density at radius 1 is 1.14 bits per heavy atom. The molecule has 0 bridgehead atoms. The molecule has 8 nitrogen and oxygen atoms in total. The van der Waals surface area contributed by atoms with Crippen LogP contribution in [0.1, 0.15) is 45.1 Å². The van der Waals surface area contributed by atoms with Gasteiger partial charge in [0.1, 0.15) is 0 Å². The molecular formula is C28H33N5O3S. The summed E-state index contributed by atoms with van der Waals surface area (Å²) in [6.45, 7) is 9.27. The molecular weight excluding hydrogens is 486 g/mol. The Kier molecular flexibility index (Phi) is 7.55. The third-order valence-corrected chi connectivity index (χ3v) is 7.65. The topological polar surface area (TPSA) is 71.9 Å². The first kappa shape index (κ1) is 25.4. The van der Waals surface area contributed by atoms with Gasteiger partial charge in [-0.25, -0.2) is 4.79 Å². The molecule has 0 aliphatic carbocycles. The number of ether oxygens (including phenoxy) is 2. The van der Waals surface area contributed by atoms with Gasteiger partial charge in [-0.15, -0.1) is 0 Å². The molecule has 4 heterocycles. The molecule has 194 valence electrons. The zero-order valence-electron chi connectivity index (χ0n) is 21.5. The van der Waals surface area contributed by atoms with E-state index in [4.69, 9.17) is 21.7 Å². The second kappa shape index (κ2) is 11.0. The van der Waals surface area contributed by atoms with Gasteiger partial charge in [-0.3, -0.25) is 9.88 Å². The van der Waals surface area contributed by atoms with Crippen molar-refractivity contribution < 1.29 is 14.3 Å². The van der Waals surface area contributed by atoms with Crippen molar-refractivity contribution in [1.29, 1.82) is 0 Å². The molecule has 2 atom stereocenters. The van der Waals surface area contributed by atoms with Gasteiger partial charge in [0, 0.05) is 43.8 Å². The lowest BCUT2D eigenvalue weighted by atomic mass is 9.96. The number of methoxy groups -OCH3 is 1. The first-order chi connectivity index (χ1) is 18.0. The van der Waals surface area contributed by atoms with E-state index in [1.807, 2.05) is 42.6 Å². The Bertz CT molecular complexity index is 1270. The summed E-state index contributed by atoms with van der Waals surface area (Å²) in [4.78, 5) is 22.0. The van der Waals surface area contributed by atoms with Crippen molar-refractivity contribution in [3.8, 4) is 5.69 Å². The van der Waals surface area contributed by atoms with Crippen LogP contribution in [0.3, 0.4) is 0 Å². The van der Waals surface area contributed by atoms with Gasteiger partial charge >= 0.3 is 5.97 Å². The molecule has 1 N–H and O–H groups in total. The number of aryl methyl sites for hydroxylation is 1. The fraction of sp³-hybridized carbons (Fsp3) is 0.393. The Labute approximate surface area is 223 Å². The molecule has 9 heteroatoms. The summed E-state index contributed by atoms with van der Waals surface area (Å²) in [5, 5.41) is 4.29. The summed E-state index contributed by atoms with van der Waals surface area (Å²) in [7, 11) is 1.41. The van der Waals surface area contributed by atoms with Crippen LogP contribution in [0.5, 0.6) is 0 Å². The monoisotopic (exact) mass is 519 g/mol. The number of hydrogen-bond donors (Lipinski definition) is 1. The summed E-state index contributed by atoms with van der Waals surface area (Å²) in [6.07, 6.45) is 1.82. The van der Waals surface area contributed by atoms with Gasteiger partial charge in [-0.2, -0.15) is 0 Å². The van der Waals surface area contributed by atoms with Crippen molar-refractivity contribution in [1.82, 2.24) is 24.7 Å². The van der Waals surface area contributed by atoms with Gasteiger partial charge in [-0.1, -0.05) is 18.2 Å². The second-order valence-corrected chi connectivity index (χ2v) is 9.83. The fourth-order valence-corrected chi connectivity index (χ4v) is 5.80. The van der Waals surface area contributed by atoms with E-state index in [0.29, 0.717) is 5.56 Å². The molecule has 2 aliphatic heterocycles. The number of aromatic nitrogens is 2. The number of hydrogen-bond acceptors (Lipinski definition) is 6. The highest BCUT2D eigenvalue weighted by atomic mass is 32.1. The van der Waals surface area contributed by atoms with Crippen LogP contribution in [0.25, 0.3) is 5.69 Å². The molecule has 5 rings (SSSR count). The predicted octanol–water partition coefficient (Wildman–Crippen LogP) is 3.58. The van der Waals surface area contributed by atoms with Crippen molar-refractivity contribution in [3.05, 3.63) is 82.9 Å². The molecule has 2 aromatic heterocycles. The Morgan fingerprint density at radius 3 is 2.62 bits per heavy atom. The van der Waals surface area contributed by atoms with Gasteiger partial charge in [-0.05, 0) is 62.0 Å². The van der Waals surface area contributed by atoms with E-state index in [-0.39, 0.29) is 18.1 Å². The third kappa shape index (κ3) is 4.99. The van der Waals surface area contributed by atoms with Crippen molar-refractivity contribution >= 4 is 23.3 Å². The molecule has 1 aromatic carbocycles. The highest BCUT2D eigenvalue weighted by Crippen LogP contribution is 2.41. The lowest BCUT2D eigenvalue weighted by Crippen LogP contribution is -2.42. The number of esters is 1. The number of rotatable bonds is 7. The lowest BCUT2D eigenvalue weighted by molar-refractivity contribution is 0.0350. The van der Waals surface area contributed by atoms with E-state index in [1.54, 1.807) is 6.07 Å². The second-order valence-electron chi connectivity index (χ2n) is 9.44. The molecule has 37 heavy (non-hydrogen) atoms. The average molecular weight is 520 g/mol. The lowest BCUT2D eigenvalue weighted by Gasteiger charge is -2.32. The largest absolute Gasteiger partial charge is 0.465 e. The maximum atomic E-state index is 12.6. The number of para-hydroxylation sites is 1. The summed E-state index contributed by atoms with van der Waals surface area (Å²) >= 11 is 5.88. The highest BCUT2D eigenvalue weighted by Gasteiger charge is 2.41. The SMILES string of the molecule is COC(=O)c1ccccc1-n1c(C)cc([C@@H]2[C@@H](c3ccccn3)NC(=S)N2CCN2CCOCC2)c1C. The van der Waals surface area contributed by atoms with Gasteiger partial charge in [0.15, 0.2) is 5.11 Å². The molecule has 3 aromatic rings. The van der Waals surface area contributed by atoms with Crippen molar-refractivity contribution in [3.63, 3.8) is 0 Å². The van der Waals surface area contributed by atoms with E-state index >= 15 is 0 Å². The average Bonchev–Trinajstić information content (AvgIpc) is 3.42. The highest BCUT2D eigenvalue weighted by molar-refractivity contribution is 7.80. The number of nitrogens with zero attached hydrogens (tertiary/aromatic N) is 4. The van der Waals surface area contributed by atoms with Crippen molar-refractivity contribution in [2.45, 2.75) is 25.9 Å². The molecule has 0 radical (unpaired) electrons. The maximum Gasteiger partial charge on any atom is 0.339 e. The van der Waals surface area contributed by atoms with E-state index < -0.39 is 0 Å². The number of nitrogens with one attached hydrogen (secondary N) is 1. The Hall–Kier alpha value is -3.27. The number of carbonyl (C=O) groups is 1. The quantitative estimate of drug-likeness (QED) is 0.375. The Morgan fingerprint density at radius 2 is 1.89 bits per heavy atom. The predicted molar refractivity (Wildman–Crippen MR) is 146 cm³/mol. The molecule has 0 spiro atoms. The number of carbonyl (C=O) groups excluding carboxylic acids is 1. The fourth-order valence-electron chi connectivity index (χ4n) is 5.47. The van der Waals surface area contributed by atoms with Crippen LogP contribution in [-0.4, -0.2) is 76.9 Å². The summed E-state index contributed by atoms with van der Waals surface area (Å²) in [5.74, 6) is -0.355. The number of pyridine rings is 1. The van der Waals surface area contributed by atoms with Crippen molar-refractivity contribution in [2.75, 3.05) is 46.5 Å². The van der Waals surface area contributed by atoms with Crippen LogP contribution in [0.4, 0.5) is 0 Å². The number of thiocarbonyl (C=S) groups is 1. The maximum absolute atomic E-state index is 12.6. The van der Waals surface area contributed by atoms with E-state index in [0.717, 1.165) is 72.8 Å². The molecule has 2 aliphatic rings. The summed E-state index contributed by atoms with van der Waals surface area (Å²) < 4.78 is 12.7. The third-order valence-electron chi connectivity index (χ3n) is 7.30. The molecule has 2 fully saturated rings. The van der Waals surface area contributed by atoms with Gasteiger partial charge in [0.05, 0.1) is 49.4 Å². The molecule has 2 saturated heterocycles. The van der Waals surface area contributed by atoms with Gasteiger partial charge < -0.3 is 24.3 Å². The number of benzene rings is 1. The van der Waals surface area contributed by atoms with Crippen LogP contribution in [0.15, 0.2) is 54.7 Å².